The standard InChI is InChI=1S/C44H48FN7O9/c1-6-44(59)28-15-33-37-26(17-52(33)41(56)27(28)19-60-42(44)57)35-30(12-11-25-21(4)29(45)16-31(49-37)34(25)35)50-39(54)32-13-14-51(32)43(58)61-18-23-7-9-24(10-8-23)48-38(53)22(5)47-40(55)36(46)20(2)3/h7-10,15-16,20,22,30,32,36,59H,6,11-14,17-19,46H2,1-5H3,(H,47,55)(H,48,53)(H,50,54)/t22-,30+,32+,36-,44?/m0/s1. The number of fused-ring (bicyclic) bond motifs is 5. The predicted molar refractivity (Wildman–Crippen MR) is 219 cm³/mol. The number of aliphatic hydroxyl groups is 1. The zero-order valence-electron chi connectivity index (χ0n) is 34.5. The number of ether oxygens (including phenoxy) is 2. The van der Waals surface area contributed by atoms with Crippen molar-refractivity contribution < 1.29 is 42.9 Å². The summed E-state index contributed by atoms with van der Waals surface area (Å²) in [5.74, 6) is -2.60. The topological polar surface area (TPSA) is 224 Å². The minimum atomic E-state index is -2.02. The van der Waals surface area contributed by atoms with E-state index in [1.54, 1.807) is 51.1 Å². The van der Waals surface area contributed by atoms with Gasteiger partial charge in [-0.25, -0.2) is 19.0 Å². The van der Waals surface area contributed by atoms with E-state index >= 15 is 4.39 Å². The quantitative estimate of drug-likeness (QED) is 0.128. The molecule has 1 unspecified atom stereocenters. The number of likely N-dealkylation sites (tertiary alicyclic amines) is 1. The number of esters is 1. The molecule has 5 heterocycles. The zero-order valence-corrected chi connectivity index (χ0v) is 34.5. The minimum Gasteiger partial charge on any atom is -0.458 e. The van der Waals surface area contributed by atoms with Gasteiger partial charge in [-0.05, 0) is 85.9 Å². The Morgan fingerprint density at radius 1 is 1.07 bits per heavy atom. The van der Waals surface area contributed by atoms with Gasteiger partial charge in [-0.15, -0.1) is 0 Å². The largest absolute Gasteiger partial charge is 0.458 e. The van der Waals surface area contributed by atoms with Gasteiger partial charge in [0.25, 0.3) is 5.56 Å². The second-order valence-corrected chi connectivity index (χ2v) is 16.7. The highest BCUT2D eigenvalue weighted by Gasteiger charge is 2.46. The second-order valence-electron chi connectivity index (χ2n) is 16.7. The molecule has 5 atom stereocenters. The molecule has 17 heteroatoms. The third-order valence-corrected chi connectivity index (χ3v) is 12.6. The highest BCUT2D eigenvalue weighted by molar-refractivity contribution is 5.98. The van der Waals surface area contributed by atoms with Crippen molar-refractivity contribution >= 4 is 46.4 Å². The lowest BCUT2D eigenvalue weighted by atomic mass is 9.81. The van der Waals surface area contributed by atoms with E-state index in [1.807, 2.05) is 13.8 Å². The number of rotatable bonds is 10. The molecular weight excluding hydrogens is 790 g/mol. The van der Waals surface area contributed by atoms with Crippen LogP contribution in [0.3, 0.4) is 0 Å². The molecule has 2 aromatic carbocycles. The van der Waals surface area contributed by atoms with Gasteiger partial charge in [-0.3, -0.25) is 24.1 Å². The van der Waals surface area contributed by atoms with Crippen LogP contribution >= 0.6 is 0 Å². The van der Waals surface area contributed by atoms with Gasteiger partial charge in [0, 0.05) is 34.8 Å². The van der Waals surface area contributed by atoms with Crippen LogP contribution < -0.4 is 27.2 Å². The molecule has 4 aliphatic rings. The number of hydrogen-bond donors (Lipinski definition) is 5. The van der Waals surface area contributed by atoms with Crippen LogP contribution in [-0.4, -0.2) is 74.0 Å². The molecule has 0 bridgehead atoms. The van der Waals surface area contributed by atoms with Crippen LogP contribution in [0.4, 0.5) is 14.9 Å². The SMILES string of the molecule is CCC1(O)C(=O)OCc2c1cc1n(c2=O)Cc2c-1nc1cc(F)c(C)c3c1c2[C@H](NC(=O)[C@H]1CCN1C(=O)OCc1ccc(NC(=O)[C@H](C)NC(=O)[C@@H](N)C(C)C)cc1)CC3. The summed E-state index contributed by atoms with van der Waals surface area (Å²) in [4.78, 5) is 85.1. The van der Waals surface area contributed by atoms with Crippen molar-refractivity contribution in [3.8, 4) is 11.4 Å². The van der Waals surface area contributed by atoms with E-state index in [0.717, 1.165) is 5.56 Å². The third kappa shape index (κ3) is 7.08. The second kappa shape index (κ2) is 15.7. The number of aromatic nitrogens is 2. The first-order valence-electron chi connectivity index (χ1n) is 20.5. The number of carbonyl (C=O) groups is 5. The molecule has 6 N–H and O–H groups in total. The van der Waals surface area contributed by atoms with Crippen molar-refractivity contribution in [3.63, 3.8) is 0 Å². The number of cyclic esters (lactones) is 1. The van der Waals surface area contributed by atoms with E-state index in [-0.39, 0.29) is 43.2 Å². The van der Waals surface area contributed by atoms with Crippen molar-refractivity contribution in [3.05, 3.63) is 91.5 Å². The van der Waals surface area contributed by atoms with E-state index in [1.165, 1.54) is 15.5 Å². The van der Waals surface area contributed by atoms with Crippen molar-refractivity contribution in [1.29, 1.82) is 0 Å². The summed E-state index contributed by atoms with van der Waals surface area (Å²) in [6, 6.07) is 6.66. The molecule has 1 fully saturated rings. The van der Waals surface area contributed by atoms with Gasteiger partial charge >= 0.3 is 12.1 Å². The molecule has 0 saturated carbocycles. The van der Waals surface area contributed by atoms with Gasteiger partial charge in [-0.2, -0.15) is 0 Å². The molecule has 1 saturated heterocycles. The van der Waals surface area contributed by atoms with Crippen molar-refractivity contribution in [2.75, 3.05) is 11.9 Å². The number of hydrogen-bond acceptors (Lipinski definition) is 11. The lowest BCUT2D eigenvalue weighted by Gasteiger charge is -2.40. The normalized spacial score (nSPS) is 20.7. The first kappa shape index (κ1) is 41.5. The highest BCUT2D eigenvalue weighted by Crippen LogP contribution is 2.46. The summed E-state index contributed by atoms with van der Waals surface area (Å²) >= 11 is 0. The number of pyridine rings is 2. The molecule has 16 nitrogen and oxygen atoms in total. The Balaban J connectivity index is 0.970. The van der Waals surface area contributed by atoms with Crippen LogP contribution in [0.2, 0.25) is 0 Å². The van der Waals surface area contributed by atoms with Gasteiger partial charge < -0.3 is 40.8 Å². The average Bonchev–Trinajstić information content (AvgIpc) is 3.59. The lowest BCUT2D eigenvalue weighted by Crippen LogP contribution is -2.58. The molecule has 320 valence electrons. The Morgan fingerprint density at radius 2 is 1.80 bits per heavy atom. The summed E-state index contributed by atoms with van der Waals surface area (Å²) in [6.07, 6.45) is 0.577. The number of amides is 4. The molecule has 4 amide bonds. The van der Waals surface area contributed by atoms with E-state index in [2.05, 4.69) is 16.0 Å². The Morgan fingerprint density at radius 3 is 2.48 bits per heavy atom. The van der Waals surface area contributed by atoms with Crippen LogP contribution in [0.15, 0.2) is 41.2 Å². The van der Waals surface area contributed by atoms with E-state index in [9.17, 15) is 33.9 Å². The molecule has 61 heavy (non-hydrogen) atoms. The molecule has 8 rings (SSSR count). The van der Waals surface area contributed by atoms with Gasteiger partial charge in [0.15, 0.2) is 5.60 Å². The summed E-state index contributed by atoms with van der Waals surface area (Å²) in [6.45, 7) is 8.53. The summed E-state index contributed by atoms with van der Waals surface area (Å²) in [7, 11) is 0. The van der Waals surface area contributed by atoms with Gasteiger partial charge in [-0.1, -0.05) is 32.9 Å². The monoisotopic (exact) mass is 837 g/mol. The Bertz CT molecular complexity index is 2590. The molecule has 4 aromatic rings. The number of nitrogens with one attached hydrogen (secondary N) is 3. The molecule has 2 aromatic heterocycles. The Labute approximate surface area is 350 Å². The minimum absolute atomic E-state index is 0.0222. The van der Waals surface area contributed by atoms with Gasteiger partial charge in [0.05, 0.1) is 41.1 Å². The van der Waals surface area contributed by atoms with Crippen LogP contribution in [0.1, 0.15) is 91.9 Å². The molecule has 0 radical (unpaired) electrons. The summed E-state index contributed by atoms with van der Waals surface area (Å²) in [5.41, 5.74) is 8.58. The fraction of sp³-hybridized carbons (Fsp3) is 0.432. The summed E-state index contributed by atoms with van der Waals surface area (Å²) in [5, 5.41) is 20.6. The Kier molecular flexibility index (Phi) is 10.7. The zero-order chi connectivity index (χ0) is 43.7. The maximum Gasteiger partial charge on any atom is 0.410 e. The Hall–Kier alpha value is -6.20. The highest BCUT2D eigenvalue weighted by atomic mass is 19.1. The van der Waals surface area contributed by atoms with E-state index in [4.69, 9.17) is 20.2 Å². The maximum atomic E-state index is 15.4. The number of nitrogens with two attached hydrogens (primary N) is 1. The van der Waals surface area contributed by atoms with Crippen LogP contribution in [0.25, 0.3) is 22.3 Å². The van der Waals surface area contributed by atoms with Crippen LogP contribution in [0, 0.1) is 18.7 Å². The summed E-state index contributed by atoms with van der Waals surface area (Å²) < 4.78 is 27.7. The lowest BCUT2D eigenvalue weighted by molar-refractivity contribution is -0.172. The smallest absolute Gasteiger partial charge is 0.410 e. The van der Waals surface area contributed by atoms with Crippen molar-refractivity contribution in [2.24, 2.45) is 11.7 Å². The number of aryl methyl sites for hydroxylation is 1. The molecular formula is C44H48FN7O9. The van der Waals surface area contributed by atoms with E-state index in [0.29, 0.717) is 76.0 Å². The van der Waals surface area contributed by atoms with Crippen LogP contribution in [-0.2, 0) is 60.4 Å². The number of benzene rings is 2. The number of anilines is 1. The first-order chi connectivity index (χ1) is 29.0. The van der Waals surface area contributed by atoms with Crippen molar-refractivity contribution in [2.45, 2.75) is 110 Å². The number of halogens is 1. The molecule has 3 aliphatic heterocycles. The fourth-order valence-corrected chi connectivity index (χ4v) is 8.69. The van der Waals surface area contributed by atoms with Gasteiger partial charge in [0.1, 0.15) is 31.1 Å². The first-order valence-corrected chi connectivity index (χ1v) is 20.5. The molecule has 0 spiro atoms. The average molecular weight is 838 g/mol. The maximum absolute atomic E-state index is 15.4. The van der Waals surface area contributed by atoms with E-state index < -0.39 is 70.9 Å². The van der Waals surface area contributed by atoms with Gasteiger partial charge in [0.2, 0.25) is 17.7 Å². The predicted octanol–water partition coefficient (Wildman–Crippen LogP) is 3.47. The fourth-order valence-electron chi connectivity index (χ4n) is 8.69. The van der Waals surface area contributed by atoms with Crippen LogP contribution in [0.5, 0.6) is 0 Å². The number of carbonyl (C=O) groups excluding carboxylic acids is 5. The van der Waals surface area contributed by atoms with Crippen molar-refractivity contribution in [1.82, 2.24) is 25.1 Å². The molecule has 1 aliphatic carbocycles. The number of nitrogens with zero attached hydrogens (tertiary/aromatic N) is 3. The third-order valence-electron chi connectivity index (χ3n) is 12.6.